The van der Waals surface area contributed by atoms with E-state index in [0.29, 0.717) is 11.5 Å². The molecule has 0 aromatic heterocycles. The Hall–Kier alpha value is -2.69. The van der Waals surface area contributed by atoms with Crippen molar-refractivity contribution in [3.63, 3.8) is 0 Å². The van der Waals surface area contributed by atoms with E-state index in [1.807, 2.05) is 31.2 Å². The van der Waals surface area contributed by atoms with Crippen LogP contribution in [0.2, 0.25) is 0 Å². The lowest BCUT2D eigenvalue weighted by Gasteiger charge is -2.29. The molecule has 1 aliphatic rings. The molecule has 0 spiro atoms. The fourth-order valence-electron chi connectivity index (χ4n) is 5.36. The summed E-state index contributed by atoms with van der Waals surface area (Å²) in [5, 5.41) is 0. The lowest BCUT2D eigenvalue weighted by molar-refractivity contribution is -0.157. The van der Waals surface area contributed by atoms with Crippen molar-refractivity contribution in [2.24, 2.45) is 0 Å². The molecule has 4 nitrogen and oxygen atoms in total. The van der Waals surface area contributed by atoms with Gasteiger partial charge in [0.1, 0.15) is 6.10 Å². The maximum Gasteiger partial charge on any atom is 0.340 e. The number of carbonyl (C=O) groups is 2. The summed E-state index contributed by atoms with van der Waals surface area (Å²) >= 11 is 0. The zero-order valence-electron chi connectivity index (χ0n) is 24.1. The predicted molar refractivity (Wildman–Crippen MR) is 156 cm³/mol. The second-order valence-electron chi connectivity index (χ2n) is 11.1. The van der Waals surface area contributed by atoms with Crippen molar-refractivity contribution in [3.05, 3.63) is 59.7 Å². The van der Waals surface area contributed by atoms with Gasteiger partial charge < -0.3 is 9.47 Å². The molecule has 0 amide bonds. The summed E-state index contributed by atoms with van der Waals surface area (Å²) in [6, 6.07) is 16.2. The van der Waals surface area contributed by atoms with Crippen LogP contribution in [0.5, 0.6) is 0 Å². The number of alkyl halides is 1. The largest absolute Gasteiger partial charge is 0.460 e. The van der Waals surface area contributed by atoms with Crippen LogP contribution in [0, 0.1) is 0 Å². The average Bonchev–Trinajstić information content (AvgIpc) is 2.96. The van der Waals surface area contributed by atoms with Gasteiger partial charge in [-0.15, -0.1) is 0 Å². The Balaban J connectivity index is 1.45. The minimum absolute atomic E-state index is 0.0696. The smallest absolute Gasteiger partial charge is 0.340 e. The minimum atomic E-state index is -1.49. The van der Waals surface area contributed by atoms with Crippen LogP contribution in [-0.4, -0.2) is 30.3 Å². The number of hydrogen-bond acceptors (Lipinski definition) is 4. The van der Waals surface area contributed by atoms with Crippen LogP contribution in [0.3, 0.4) is 0 Å². The summed E-state index contributed by atoms with van der Waals surface area (Å²) in [7, 11) is 0. The van der Waals surface area contributed by atoms with Gasteiger partial charge in [-0.05, 0) is 93.0 Å². The molecule has 0 radical (unpaired) electrons. The molecule has 214 valence electrons. The van der Waals surface area contributed by atoms with Crippen molar-refractivity contribution in [3.8, 4) is 11.1 Å². The predicted octanol–water partition coefficient (Wildman–Crippen LogP) is 9.36. The molecule has 0 saturated heterocycles. The Kier molecular flexibility index (Phi) is 13.0. The third-order valence-corrected chi connectivity index (χ3v) is 7.88. The van der Waals surface area contributed by atoms with Crippen LogP contribution in [0.25, 0.3) is 11.1 Å². The molecule has 0 aliphatic heterocycles. The first-order valence-electron chi connectivity index (χ1n) is 15.2. The van der Waals surface area contributed by atoms with Crippen LogP contribution in [0.15, 0.2) is 48.5 Å². The monoisotopic (exact) mass is 538 g/mol. The Labute approximate surface area is 234 Å². The topological polar surface area (TPSA) is 52.6 Å². The first-order chi connectivity index (χ1) is 18.9. The number of ether oxygens (including phenoxy) is 2. The van der Waals surface area contributed by atoms with Gasteiger partial charge in [0.05, 0.1) is 11.7 Å². The number of esters is 2. The molecule has 0 N–H and O–H groups in total. The van der Waals surface area contributed by atoms with Crippen LogP contribution >= 0.6 is 0 Å². The summed E-state index contributed by atoms with van der Waals surface area (Å²) in [5.41, 5.74) is 4.01. The van der Waals surface area contributed by atoms with E-state index in [2.05, 4.69) is 38.1 Å². The number of hydrogen-bond donors (Lipinski definition) is 0. The molecule has 2 aromatic carbocycles. The molecular weight excluding hydrogens is 491 g/mol. The van der Waals surface area contributed by atoms with Crippen molar-refractivity contribution in [1.82, 2.24) is 0 Å². The van der Waals surface area contributed by atoms with Crippen molar-refractivity contribution < 1.29 is 23.5 Å². The number of benzene rings is 2. The van der Waals surface area contributed by atoms with Gasteiger partial charge in [0, 0.05) is 0 Å². The lowest BCUT2D eigenvalue weighted by Crippen LogP contribution is -2.28. The first kappa shape index (κ1) is 30.8. The Morgan fingerprint density at radius 3 is 1.97 bits per heavy atom. The van der Waals surface area contributed by atoms with Crippen LogP contribution in [-0.2, 0) is 14.3 Å². The highest BCUT2D eigenvalue weighted by atomic mass is 19.1. The second-order valence-corrected chi connectivity index (χ2v) is 11.1. The quantitative estimate of drug-likeness (QED) is 0.167. The Morgan fingerprint density at radius 1 is 0.795 bits per heavy atom. The van der Waals surface area contributed by atoms with E-state index >= 15 is 0 Å². The summed E-state index contributed by atoms with van der Waals surface area (Å²) < 4.78 is 25.2. The number of unbranched alkanes of at least 4 members (excludes halogenated alkanes) is 5. The zero-order chi connectivity index (χ0) is 28.0. The maximum atomic E-state index is 14.1. The SMILES string of the molecule is CCCCCC[C@@H](C)OC(=O)c1ccc(-c2ccc(C3CCC(OC(=O)[C@@H](F)CCCCC)CC3)cc2)cc1. The van der Waals surface area contributed by atoms with E-state index < -0.39 is 12.1 Å². The van der Waals surface area contributed by atoms with E-state index in [1.165, 1.54) is 24.8 Å². The summed E-state index contributed by atoms with van der Waals surface area (Å²) in [6.45, 7) is 6.22. The summed E-state index contributed by atoms with van der Waals surface area (Å²) in [4.78, 5) is 24.6. The van der Waals surface area contributed by atoms with Gasteiger partial charge in [-0.25, -0.2) is 14.0 Å². The van der Waals surface area contributed by atoms with Crippen molar-refractivity contribution in [2.75, 3.05) is 0 Å². The van der Waals surface area contributed by atoms with E-state index in [-0.39, 0.29) is 24.6 Å². The highest BCUT2D eigenvalue weighted by Crippen LogP contribution is 2.35. The molecule has 1 fully saturated rings. The van der Waals surface area contributed by atoms with Gasteiger partial charge >= 0.3 is 11.9 Å². The van der Waals surface area contributed by atoms with Gasteiger partial charge in [-0.1, -0.05) is 82.3 Å². The van der Waals surface area contributed by atoms with Gasteiger partial charge in [-0.2, -0.15) is 0 Å². The van der Waals surface area contributed by atoms with Crippen molar-refractivity contribution >= 4 is 11.9 Å². The van der Waals surface area contributed by atoms with Gasteiger partial charge in [-0.3, -0.25) is 0 Å². The van der Waals surface area contributed by atoms with Crippen LogP contribution in [0.4, 0.5) is 4.39 Å². The minimum Gasteiger partial charge on any atom is -0.460 e. The van der Waals surface area contributed by atoms with E-state index in [0.717, 1.165) is 68.9 Å². The molecule has 0 heterocycles. The number of halogens is 1. The number of carbonyl (C=O) groups excluding carboxylic acids is 2. The first-order valence-corrected chi connectivity index (χ1v) is 15.2. The van der Waals surface area contributed by atoms with Crippen molar-refractivity contribution in [2.45, 2.75) is 129 Å². The molecule has 0 unspecified atom stereocenters. The van der Waals surface area contributed by atoms with Crippen molar-refractivity contribution in [1.29, 1.82) is 0 Å². The zero-order valence-corrected chi connectivity index (χ0v) is 24.1. The fourth-order valence-corrected chi connectivity index (χ4v) is 5.36. The molecule has 1 saturated carbocycles. The highest BCUT2D eigenvalue weighted by Gasteiger charge is 2.28. The normalized spacial score (nSPS) is 18.8. The molecule has 5 heteroatoms. The summed E-state index contributed by atoms with van der Waals surface area (Å²) in [6.07, 6.45) is 10.2. The molecule has 3 rings (SSSR count). The lowest BCUT2D eigenvalue weighted by atomic mass is 9.82. The highest BCUT2D eigenvalue weighted by molar-refractivity contribution is 5.90. The standard InChI is InChI=1S/C34H47FO4/c1-4-6-8-10-11-25(3)38-33(36)30-19-17-28(18-20-30)26-13-15-27(16-14-26)29-21-23-31(24-22-29)39-34(37)32(35)12-9-7-5-2/h13-20,25,29,31-32H,4-12,21-24H2,1-3H3/t25-,29?,31?,32+/m1/s1. The Morgan fingerprint density at radius 2 is 1.36 bits per heavy atom. The molecular formula is C34H47FO4. The second kappa shape index (κ2) is 16.4. The summed E-state index contributed by atoms with van der Waals surface area (Å²) in [5.74, 6) is -0.532. The molecule has 0 bridgehead atoms. The molecule has 2 aromatic rings. The van der Waals surface area contributed by atoms with E-state index in [4.69, 9.17) is 9.47 Å². The molecule has 1 aliphatic carbocycles. The van der Waals surface area contributed by atoms with E-state index in [9.17, 15) is 14.0 Å². The van der Waals surface area contributed by atoms with Crippen LogP contribution in [0.1, 0.15) is 126 Å². The third-order valence-electron chi connectivity index (χ3n) is 7.88. The van der Waals surface area contributed by atoms with Crippen LogP contribution < -0.4 is 0 Å². The maximum absolute atomic E-state index is 14.1. The molecule has 2 atom stereocenters. The van der Waals surface area contributed by atoms with Gasteiger partial charge in [0.25, 0.3) is 0 Å². The Bertz CT molecular complexity index is 993. The van der Waals surface area contributed by atoms with Gasteiger partial charge in [0.2, 0.25) is 0 Å². The fraction of sp³-hybridized carbons (Fsp3) is 0.588. The molecule has 39 heavy (non-hydrogen) atoms. The third kappa shape index (κ3) is 10.1. The van der Waals surface area contributed by atoms with Gasteiger partial charge in [0.15, 0.2) is 6.17 Å². The van der Waals surface area contributed by atoms with E-state index in [1.54, 1.807) is 0 Å². The average molecular weight is 539 g/mol. The number of rotatable bonds is 15.